The molecule has 1 aliphatic heterocycles. The lowest BCUT2D eigenvalue weighted by atomic mass is 9.90. The summed E-state index contributed by atoms with van der Waals surface area (Å²) in [7, 11) is 0. The van der Waals surface area contributed by atoms with Gasteiger partial charge in [-0.05, 0) is 44.8 Å². The predicted octanol–water partition coefficient (Wildman–Crippen LogP) is 2.42. The largest absolute Gasteiger partial charge is 0.435 e. The van der Waals surface area contributed by atoms with Gasteiger partial charge < -0.3 is 5.32 Å². The van der Waals surface area contributed by atoms with Crippen molar-refractivity contribution in [3.05, 3.63) is 57.8 Å². The van der Waals surface area contributed by atoms with E-state index in [1.54, 1.807) is 19.2 Å². The second-order valence-electron chi connectivity index (χ2n) is 7.06. The fourth-order valence-electron chi connectivity index (χ4n) is 3.71. The number of rotatable bonds is 3. The van der Waals surface area contributed by atoms with Crippen molar-refractivity contribution in [2.24, 2.45) is 0 Å². The molecule has 3 aromatic rings. The van der Waals surface area contributed by atoms with Gasteiger partial charge in [0.15, 0.2) is 5.69 Å². The molecule has 10 heteroatoms. The Kier molecular flexibility index (Phi) is 5.03. The van der Waals surface area contributed by atoms with Crippen molar-refractivity contribution in [2.75, 3.05) is 13.1 Å². The third kappa shape index (κ3) is 3.84. The number of halogens is 3. The lowest BCUT2D eigenvalue weighted by Gasteiger charge is -2.23. The highest BCUT2D eigenvalue weighted by molar-refractivity contribution is 5.75. The third-order valence-electron chi connectivity index (χ3n) is 5.10. The number of hydrogen-bond donors (Lipinski definition) is 1. The average molecular weight is 404 g/mol. The van der Waals surface area contributed by atoms with Crippen LogP contribution >= 0.6 is 0 Å². The van der Waals surface area contributed by atoms with Crippen LogP contribution in [0.15, 0.2) is 29.5 Å². The highest BCUT2D eigenvalue weighted by atomic mass is 19.4. The number of alkyl halides is 3. The minimum Gasteiger partial charge on any atom is -0.317 e. The Balaban J connectivity index is 1.90. The number of hydrogen-bond acceptors (Lipinski definition) is 6. The quantitative estimate of drug-likeness (QED) is 0.722. The molecule has 7 nitrogen and oxygen atoms in total. The van der Waals surface area contributed by atoms with Gasteiger partial charge in [-0.25, -0.2) is 15.0 Å². The first kappa shape index (κ1) is 19.4. The molecular formula is C19H19F3N6O. The summed E-state index contributed by atoms with van der Waals surface area (Å²) in [6.07, 6.45) is 0.679. The van der Waals surface area contributed by atoms with Crippen molar-refractivity contribution in [2.45, 2.75) is 38.4 Å². The molecule has 1 aliphatic rings. The first-order valence-corrected chi connectivity index (χ1v) is 9.29. The zero-order valence-electron chi connectivity index (χ0n) is 15.7. The third-order valence-corrected chi connectivity index (χ3v) is 5.10. The Hall–Kier alpha value is -2.88. The smallest absolute Gasteiger partial charge is 0.317 e. The molecule has 4 rings (SSSR count). The van der Waals surface area contributed by atoms with Gasteiger partial charge in [-0.1, -0.05) is 0 Å². The number of nitrogens with zero attached hydrogens (tertiary/aromatic N) is 5. The number of pyridine rings is 1. The summed E-state index contributed by atoms with van der Waals surface area (Å²) < 4.78 is 41.4. The van der Waals surface area contributed by atoms with Crippen LogP contribution in [0.3, 0.4) is 0 Å². The molecule has 0 saturated carbocycles. The van der Waals surface area contributed by atoms with Crippen LogP contribution in [0.5, 0.6) is 0 Å². The zero-order valence-corrected chi connectivity index (χ0v) is 15.7. The van der Waals surface area contributed by atoms with Crippen LogP contribution in [0.25, 0.3) is 11.0 Å². The summed E-state index contributed by atoms with van der Waals surface area (Å²) in [5, 5.41) is 3.86. The molecule has 1 fully saturated rings. The second-order valence-corrected chi connectivity index (χ2v) is 7.06. The minimum absolute atomic E-state index is 0.0321. The van der Waals surface area contributed by atoms with E-state index in [4.69, 9.17) is 0 Å². The normalized spacial score (nSPS) is 15.7. The maximum Gasteiger partial charge on any atom is 0.435 e. The topological polar surface area (TPSA) is 85.6 Å². The van der Waals surface area contributed by atoms with E-state index in [0.717, 1.165) is 32.1 Å². The van der Waals surface area contributed by atoms with Crippen LogP contribution < -0.4 is 10.9 Å². The standard InChI is InChI=1S/C19H19F3N6O/c1-11-26-9-13-8-14(12-2-4-23-5-3-12)18(29)28(17(13)27-11)10-15-16(19(20,21)22)25-7-6-24-15/h6-9,12,23H,2-5,10H2,1H3. The summed E-state index contributed by atoms with van der Waals surface area (Å²) in [6, 6.07) is 1.77. The monoisotopic (exact) mass is 404 g/mol. The molecule has 0 unspecified atom stereocenters. The molecule has 0 spiro atoms. The zero-order chi connectivity index (χ0) is 20.6. The molecule has 152 valence electrons. The van der Waals surface area contributed by atoms with Crippen LogP contribution in [-0.2, 0) is 12.7 Å². The Morgan fingerprint density at radius 3 is 2.62 bits per heavy atom. The van der Waals surface area contributed by atoms with Crippen molar-refractivity contribution < 1.29 is 13.2 Å². The highest BCUT2D eigenvalue weighted by Gasteiger charge is 2.36. The lowest BCUT2D eigenvalue weighted by Crippen LogP contribution is -2.33. The molecule has 1 saturated heterocycles. The average Bonchev–Trinajstić information content (AvgIpc) is 2.70. The molecule has 0 radical (unpaired) electrons. The van der Waals surface area contributed by atoms with E-state index in [0.29, 0.717) is 22.4 Å². The van der Waals surface area contributed by atoms with E-state index in [1.807, 2.05) is 0 Å². The predicted molar refractivity (Wildman–Crippen MR) is 99.5 cm³/mol. The summed E-state index contributed by atoms with van der Waals surface area (Å²) in [4.78, 5) is 29.1. The van der Waals surface area contributed by atoms with Crippen molar-refractivity contribution in [1.29, 1.82) is 0 Å². The summed E-state index contributed by atoms with van der Waals surface area (Å²) >= 11 is 0. The highest BCUT2D eigenvalue weighted by Crippen LogP contribution is 2.30. The van der Waals surface area contributed by atoms with E-state index in [-0.39, 0.29) is 23.7 Å². The molecule has 0 atom stereocenters. The Morgan fingerprint density at radius 2 is 1.90 bits per heavy atom. The lowest BCUT2D eigenvalue weighted by molar-refractivity contribution is -0.142. The summed E-state index contributed by atoms with van der Waals surface area (Å²) in [5.41, 5.74) is -0.899. The van der Waals surface area contributed by atoms with E-state index < -0.39 is 11.9 Å². The second kappa shape index (κ2) is 7.51. The number of nitrogens with one attached hydrogen (secondary N) is 1. The van der Waals surface area contributed by atoms with Crippen molar-refractivity contribution in [3.8, 4) is 0 Å². The first-order chi connectivity index (χ1) is 13.8. The van der Waals surface area contributed by atoms with Crippen molar-refractivity contribution in [1.82, 2.24) is 29.8 Å². The summed E-state index contributed by atoms with van der Waals surface area (Å²) in [6.45, 7) is 2.87. The molecule has 0 bridgehead atoms. The molecule has 0 aromatic carbocycles. The molecule has 0 aliphatic carbocycles. The molecule has 1 N–H and O–H groups in total. The van der Waals surface area contributed by atoms with Crippen LogP contribution in [0, 0.1) is 6.92 Å². The van der Waals surface area contributed by atoms with Gasteiger partial charge >= 0.3 is 6.18 Å². The van der Waals surface area contributed by atoms with Crippen LogP contribution in [0.2, 0.25) is 0 Å². The molecule has 29 heavy (non-hydrogen) atoms. The Morgan fingerprint density at radius 1 is 1.17 bits per heavy atom. The molecular weight excluding hydrogens is 385 g/mol. The van der Waals surface area contributed by atoms with Gasteiger partial charge in [0.25, 0.3) is 5.56 Å². The number of piperidine rings is 1. The fraction of sp³-hybridized carbons (Fsp3) is 0.421. The van der Waals surface area contributed by atoms with Gasteiger partial charge in [0.2, 0.25) is 0 Å². The maximum atomic E-state index is 13.4. The first-order valence-electron chi connectivity index (χ1n) is 9.29. The Bertz CT molecular complexity index is 1110. The molecule has 4 heterocycles. The van der Waals surface area contributed by atoms with Gasteiger partial charge in [-0.2, -0.15) is 13.2 Å². The van der Waals surface area contributed by atoms with Gasteiger partial charge in [-0.15, -0.1) is 0 Å². The maximum absolute atomic E-state index is 13.4. The number of fused-ring (bicyclic) bond motifs is 1. The van der Waals surface area contributed by atoms with Gasteiger partial charge in [-0.3, -0.25) is 14.3 Å². The van der Waals surface area contributed by atoms with E-state index in [1.165, 1.54) is 10.8 Å². The van der Waals surface area contributed by atoms with Crippen molar-refractivity contribution in [3.63, 3.8) is 0 Å². The molecule has 3 aromatic heterocycles. The van der Waals surface area contributed by atoms with Crippen LogP contribution in [0.4, 0.5) is 13.2 Å². The molecule has 0 amide bonds. The van der Waals surface area contributed by atoms with Gasteiger partial charge in [0.05, 0.1) is 12.2 Å². The van der Waals surface area contributed by atoms with Gasteiger partial charge in [0, 0.05) is 29.5 Å². The van der Waals surface area contributed by atoms with Crippen LogP contribution in [-0.4, -0.2) is 37.6 Å². The van der Waals surface area contributed by atoms with E-state index >= 15 is 0 Å². The SMILES string of the molecule is Cc1ncc2cc(C3CCNCC3)c(=O)n(Cc3nccnc3C(F)(F)F)c2n1. The van der Waals surface area contributed by atoms with Crippen LogP contribution in [0.1, 0.15) is 41.5 Å². The number of aryl methyl sites for hydroxylation is 1. The Labute approximate surface area is 164 Å². The summed E-state index contributed by atoms with van der Waals surface area (Å²) in [5.74, 6) is 0.458. The van der Waals surface area contributed by atoms with Crippen molar-refractivity contribution >= 4 is 11.0 Å². The fourth-order valence-corrected chi connectivity index (χ4v) is 3.71. The minimum atomic E-state index is -4.67. The van der Waals surface area contributed by atoms with E-state index in [2.05, 4.69) is 25.3 Å². The number of aromatic nitrogens is 5. The van der Waals surface area contributed by atoms with E-state index in [9.17, 15) is 18.0 Å². The van der Waals surface area contributed by atoms with Gasteiger partial charge in [0.1, 0.15) is 11.5 Å².